The van der Waals surface area contributed by atoms with Gasteiger partial charge in [-0.05, 0) is 30.0 Å². The van der Waals surface area contributed by atoms with E-state index in [9.17, 15) is 19.2 Å². The van der Waals surface area contributed by atoms with E-state index >= 15 is 0 Å². The van der Waals surface area contributed by atoms with Crippen molar-refractivity contribution in [3.05, 3.63) is 63.0 Å². The number of methoxy groups -OCH3 is 4. The fourth-order valence-electron chi connectivity index (χ4n) is 4.28. The maximum Gasteiger partial charge on any atom is 0.293 e. The molecule has 200 valence electrons. The molecule has 1 aliphatic heterocycles. The van der Waals surface area contributed by atoms with Gasteiger partial charge in [0, 0.05) is 18.2 Å². The molecule has 2 aromatic carbocycles. The van der Waals surface area contributed by atoms with Crippen molar-refractivity contribution >= 4 is 56.7 Å². The number of Topliss-reactive ketones (excluding diaryl/α,β-unsaturated/α-hetero) is 1. The highest BCUT2D eigenvalue weighted by molar-refractivity contribution is 8.18. The molecule has 3 heterocycles. The lowest BCUT2D eigenvalue weighted by Gasteiger charge is -2.14. The molecule has 0 spiro atoms. The number of benzene rings is 2. The third-order valence-corrected chi connectivity index (χ3v) is 6.99. The van der Waals surface area contributed by atoms with Crippen LogP contribution in [0.1, 0.15) is 16.1 Å². The number of furan rings is 1. The van der Waals surface area contributed by atoms with Crippen molar-refractivity contribution in [2.75, 3.05) is 35.0 Å². The summed E-state index contributed by atoms with van der Waals surface area (Å²) in [6, 6.07) is 7.42. The molecule has 0 bridgehead atoms. The number of carbonyl (C=O) groups is 3. The minimum Gasteiger partial charge on any atom is -0.497 e. The highest BCUT2D eigenvalue weighted by atomic mass is 32.2. The number of nitrogens with zero attached hydrogens (tertiary/aromatic N) is 1. The van der Waals surface area contributed by atoms with Crippen LogP contribution in [0, 0.1) is 0 Å². The fourth-order valence-corrected chi connectivity index (χ4v) is 5.10. The van der Waals surface area contributed by atoms with Crippen LogP contribution in [-0.4, -0.2) is 56.8 Å². The SMILES string of the molecule is COc1ccc(C(=O)CN2C(=O)S/C(=C/c3cc(=O)c4c(OC)c5ccoc5c(OC)c4o3)C2=O)c(OC)c1. The Labute approximate surface area is 224 Å². The Bertz CT molecular complexity index is 1750. The number of carbonyl (C=O) groups excluding carboxylic acids is 3. The molecule has 0 radical (unpaired) electrons. The normalized spacial score (nSPS) is 14.5. The van der Waals surface area contributed by atoms with E-state index in [1.807, 2.05) is 0 Å². The first kappa shape index (κ1) is 25.9. The van der Waals surface area contributed by atoms with E-state index < -0.39 is 28.9 Å². The smallest absolute Gasteiger partial charge is 0.293 e. The van der Waals surface area contributed by atoms with Gasteiger partial charge in [-0.25, -0.2) is 0 Å². The van der Waals surface area contributed by atoms with Crippen LogP contribution in [0.15, 0.2) is 55.1 Å². The second kappa shape index (κ2) is 10.2. The predicted molar refractivity (Wildman–Crippen MR) is 142 cm³/mol. The molecule has 39 heavy (non-hydrogen) atoms. The van der Waals surface area contributed by atoms with E-state index in [0.29, 0.717) is 28.5 Å². The quantitative estimate of drug-likeness (QED) is 0.226. The summed E-state index contributed by atoms with van der Waals surface area (Å²) in [6.45, 7) is -0.506. The van der Waals surface area contributed by atoms with Gasteiger partial charge in [0.25, 0.3) is 11.1 Å². The molecular weight excluding hydrogens is 530 g/mol. The van der Waals surface area contributed by atoms with Crippen LogP contribution in [0.25, 0.3) is 28.0 Å². The van der Waals surface area contributed by atoms with E-state index in [1.165, 1.54) is 59.0 Å². The maximum atomic E-state index is 13.1. The number of ether oxygens (including phenoxy) is 4. The van der Waals surface area contributed by atoms with E-state index in [1.54, 1.807) is 12.1 Å². The largest absolute Gasteiger partial charge is 0.497 e. The van der Waals surface area contributed by atoms with Crippen LogP contribution in [0.5, 0.6) is 23.0 Å². The van der Waals surface area contributed by atoms with Gasteiger partial charge < -0.3 is 27.8 Å². The molecule has 12 heteroatoms. The summed E-state index contributed by atoms with van der Waals surface area (Å²) >= 11 is 0.621. The number of thioether (sulfide) groups is 1. The number of hydrogen-bond acceptors (Lipinski definition) is 11. The van der Waals surface area contributed by atoms with Crippen molar-refractivity contribution in [3.63, 3.8) is 0 Å². The van der Waals surface area contributed by atoms with Crippen molar-refractivity contribution in [2.45, 2.75) is 0 Å². The third kappa shape index (κ3) is 4.38. The molecule has 4 aromatic rings. The highest BCUT2D eigenvalue weighted by Crippen LogP contribution is 2.42. The van der Waals surface area contributed by atoms with Crippen molar-refractivity contribution in [1.82, 2.24) is 4.90 Å². The molecule has 0 unspecified atom stereocenters. The van der Waals surface area contributed by atoms with Crippen molar-refractivity contribution in [3.8, 4) is 23.0 Å². The van der Waals surface area contributed by atoms with Gasteiger partial charge in [-0.3, -0.25) is 24.1 Å². The number of fused-ring (bicyclic) bond motifs is 2. The highest BCUT2D eigenvalue weighted by Gasteiger charge is 2.37. The Hall–Kier alpha value is -4.71. The molecule has 0 atom stereocenters. The topological polar surface area (TPSA) is 135 Å². The van der Waals surface area contributed by atoms with Gasteiger partial charge in [-0.15, -0.1) is 0 Å². The maximum absolute atomic E-state index is 13.1. The van der Waals surface area contributed by atoms with Gasteiger partial charge in [0.2, 0.25) is 5.75 Å². The van der Waals surface area contributed by atoms with Gasteiger partial charge in [-0.1, -0.05) is 0 Å². The summed E-state index contributed by atoms with van der Waals surface area (Å²) in [4.78, 5) is 52.6. The van der Waals surface area contributed by atoms with E-state index in [2.05, 4.69) is 0 Å². The minimum atomic E-state index is -0.709. The monoisotopic (exact) mass is 551 g/mol. The van der Waals surface area contributed by atoms with Crippen LogP contribution in [0.4, 0.5) is 4.79 Å². The first-order valence-corrected chi connectivity index (χ1v) is 12.2. The van der Waals surface area contributed by atoms with E-state index in [-0.39, 0.29) is 44.4 Å². The first-order valence-electron chi connectivity index (χ1n) is 11.4. The average molecular weight is 552 g/mol. The Kier molecular flexibility index (Phi) is 6.79. The minimum absolute atomic E-state index is 0.00703. The molecule has 1 aliphatic rings. The second-order valence-electron chi connectivity index (χ2n) is 8.20. The summed E-state index contributed by atoms with van der Waals surface area (Å²) < 4.78 is 32.8. The third-order valence-electron chi connectivity index (χ3n) is 6.08. The van der Waals surface area contributed by atoms with Gasteiger partial charge in [0.05, 0.1) is 57.1 Å². The van der Waals surface area contributed by atoms with Gasteiger partial charge >= 0.3 is 0 Å². The van der Waals surface area contributed by atoms with Crippen LogP contribution in [-0.2, 0) is 4.79 Å². The summed E-state index contributed by atoms with van der Waals surface area (Å²) in [6.07, 6.45) is 2.70. The number of imide groups is 1. The number of ketones is 1. The zero-order valence-electron chi connectivity index (χ0n) is 21.2. The molecule has 1 saturated heterocycles. The lowest BCUT2D eigenvalue weighted by atomic mass is 10.1. The Morgan fingerprint density at radius 2 is 1.72 bits per heavy atom. The molecule has 2 amide bonds. The van der Waals surface area contributed by atoms with Gasteiger partial charge in [-0.2, -0.15) is 0 Å². The standard InChI is InChI=1S/C27H21NO10S/c1-33-13-5-6-15(19(10-13)34-2)18(30)12-28-26(31)20(39-27(28)32)11-14-9-17(29)21-22(35-3)16-7-8-37-23(16)25(36-4)24(21)38-14/h5-11H,12H2,1-4H3/b20-11+. The Morgan fingerprint density at radius 1 is 0.949 bits per heavy atom. The van der Waals surface area contributed by atoms with Crippen molar-refractivity contribution in [2.24, 2.45) is 0 Å². The van der Waals surface area contributed by atoms with Crippen molar-refractivity contribution < 1.29 is 42.2 Å². The Morgan fingerprint density at radius 3 is 2.41 bits per heavy atom. The summed E-state index contributed by atoms with van der Waals surface area (Å²) in [5.41, 5.74) is 0.0976. The number of hydrogen-bond donors (Lipinski definition) is 0. The lowest BCUT2D eigenvalue weighted by molar-refractivity contribution is -0.122. The summed E-state index contributed by atoms with van der Waals surface area (Å²) in [7, 11) is 5.69. The molecule has 2 aromatic heterocycles. The van der Waals surface area contributed by atoms with Crippen LogP contribution >= 0.6 is 11.8 Å². The lowest BCUT2D eigenvalue weighted by Crippen LogP contribution is -2.33. The Balaban J connectivity index is 1.49. The van der Waals surface area contributed by atoms with E-state index in [0.717, 1.165) is 4.90 Å². The zero-order valence-corrected chi connectivity index (χ0v) is 22.0. The molecule has 11 nitrogen and oxygen atoms in total. The summed E-state index contributed by atoms with van der Waals surface area (Å²) in [5, 5.41) is 0.0143. The molecular formula is C27H21NO10S. The predicted octanol–water partition coefficient (Wildman–Crippen LogP) is 4.49. The molecule has 5 rings (SSSR count). The molecule has 0 saturated carbocycles. The average Bonchev–Trinajstić information content (AvgIpc) is 3.52. The van der Waals surface area contributed by atoms with Gasteiger partial charge in [0.1, 0.15) is 28.4 Å². The number of rotatable bonds is 8. The molecule has 1 fully saturated rings. The van der Waals surface area contributed by atoms with Crippen LogP contribution in [0.3, 0.4) is 0 Å². The van der Waals surface area contributed by atoms with E-state index in [4.69, 9.17) is 27.8 Å². The van der Waals surface area contributed by atoms with Gasteiger partial charge in [0.15, 0.2) is 22.4 Å². The van der Waals surface area contributed by atoms with Crippen LogP contribution < -0.4 is 24.4 Å². The molecule has 0 aliphatic carbocycles. The van der Waals surface area contributed by atoms with Crippen molar-refractivity contribution in [1.29, 1.82) is 0 Å². The zero-order chi connectivity index (χ0) is 27.8. The first-order chi connectivity index (χ1) is 18.8. The fraction of sp³-hybridized carbons (Fsp3) is 0.185. The second-order valence-corrected chi connectivity index (χ2v) is 9.20. The summed E-state index contributed by atoms with van der Waals surface area (Å²) in [5.74, 6) is -0.0687. The molecule has 0 N–H and O–H groups in total. The van der Waals surface area contributed by atoms with Crippen LogP contribution in [0.2, 0.25) is 0 Å². The number of amides is 2.